The van der Waals surface area contributed by atoms with Crippen LogP contribution in [-0.2, 0) is 13.0 Å². The maximum absolute atomic E-state index is 4.50. The smallest absolute Gasteiger partial charge is 0.128 e. The highest BCUT2D eigenvalue weighted by Gasteiger charge is 2.17. The Labute approximate surface area is 89.6 Å². The predicted octanol–water partition coefficient (Wildman–Crippen LogP) is 0.682. The standard InChI is InChI=1S/C12H15N3/c1-2-9-8-13-5-4-10(9)11(3-1)12-14-6-7-15-12/h1-3,13H,4-8H2,(H,14,15). The van der Waals surface area contributed by atoms with Crippen molar-refractivity contribution in [3.8, 4) is 0 Å². The number of hydrogen-bond donors (Lipinski definition) is 2. The Morgan fingerprint density at radius 1 is 1.20 bits per heavy atom. The number of nitrogens with one attached hydrogen (secondary N) is 2. The maximum Gasteiger partial charge on any atom is 0.128 e. The molecule has 0 radical (unpaired) electrons. The summed E-state index contributed by atoms with van der Waals surface area (Å²) in [5.41, 5.74) is 4.21. The molecule has 15 heavy (non-hydrogen) atoms. The Kier molecular flexibility index (Phi) is 2.18. The second-order valence-electron chi connectivity index (χ2n) is 4.03. The van der Waals surface area contributed by atoms with E-state index >= 15 is 0 Å². The molecule has 1 aromatic carbocycles. The van der Waals surface area contributed by atoms with Crippen LogP contribution in [0.25, 0.3) is 0 Å². The number of fused-ring (bicyclic) bond motifs is 1. The predicted molar refractivity (Wildman–Crippen MR) is 61.3 cm³/mol. The van der Waals surface area contributed by atoms with Crippen molar-refractivity contribution in [3.63, 3.8) is 0 Å². The van der Waals surface area contributed by atoms with Gasteiger partial charge in [0.2, 0.25) is 0 Å². The Bertz CT molecular complexity index is 409. The molecule has 2 N–H and O–H groups in total. The fraction of sp³-hybridized carbons (Fsp3) is 0.417. The van der Waals surface area contributed by atoms with Crippen LogP contribution in [0, 0.1) is 0 Å². The lowest BCUT2D eigenvalue weighted by Gasteiger charge is -2.20. The van der Waals surface area contributed by atoms with Gasteiger partial charge in [0.25, 0.3) is 0 Å². The van der Waals surface area contributed by atoms with E-state index in [0.717, 1.165) is 38.4 Å². The van der Waals surface area contributed by atoms with E-state index in [1.165, 1.54) is 16.7 Å². The van der Waals surface area contributed by atoms with Gasteiger partial charge in [-0.15, -0.1) is 0 Å². The first-order chi connectivity index (χ1) is 7.45. The number of nitrogens with zero attached hydrogens (tertiary/aromatic N) is 1. The number of benzene rings is 1. The minimum atomic E-state index is 0.914. The Balaban J connectivity index is 2.06. The van der Waals surface area contributed by atoms with Gasteiger partial charge in [-0.3, -0.25) is 4.99 Å². The van der Waals surface area contributed by atoms with Crippen LogP contribution in [-0.4, -0.2) is 25.5 Å². The Morgan fingerprint density at radius 2 is 2.20 bits per heavy atom. The quantitative estimate of drug-likeness (QED) is 0.701. The van der Waals surface area contributed by atoms with Gasteiger partial charge in [0.1, 0.15) is 5.84 Å². The van der Waals surface area contributed by atoms with E-state index in [9.17, 15) is 0 Å². The SMILES string of the molecule is c1cc2c(c(C3=NCCN3)c1)CCNC2. The molecule has 0 fully saturated rings. The number of hydrogen-bond acceptors (Lipinski definition) is 3. The van der Waals surface area contributed by atoms with Crippen LogP contribution in [0.2, 0.25) is 0 Å². The van der Waals surface area contributed by atoms with Crippen molar-refractivity contribution in [2.24, 2.45) is 4.99 Å². The van der Waals surface area contributed by atoms with Crippen LogP contribution in [0.1, 0.15) is 16.7 Å². The van der Waals surface area contributed by atoms with E-state index in [1.807, 2.05) is 0 Å². The number of amidine groups is 1. The second kappa shape index (κ2) is 3.66. The van der Waals surface area contributed by atoms with Crippen molar-refractivity contribution < 1.29 is 0 Å². The minimum Gasteiger partial charge on any atom is -0.368 e. The summed E-state index contributed by atoms with van der Waals surface area (Å²) in [4.78, 5) is 4.50. The monoisotopic (exact) mass is 201 g/mol. The summed E-state index contributed by atoms with van der Waals surface area (Å²) >= 11 is 0. The summed E-state index contributed by atoms with van der Waals surface area (Å²) in [6, 6.07) is 6.52. The third kappa shape index (κ3) is 1.53. The fourth-order valence-electron chi connectivity index (χ4n) is 2.33. The summed E-state index contributed by atoms with van der Waals surface area (Å²) in [6.07, 6.45) is 1.12. The first kappa shape index (κ1) is 8.92. The maximum atomic E-state index is 4.50. The molecule has 0 aromatic heterocycles. The summed E-state index contributed by atoms with van der Waals surface area (Å²) in [5, 5.41) is 6.75. The van der Waals surface area contributed by atoms with Crippen molar-refractivity contribution >= 4 is 5.84 Å². The van der Waals surface area contributed by atoms with E-state index in [2.05, 4.69) is 33.8 Å². The molecule has 2 aliphatic heterocycles. The van der Waals surface area contributed by atoms with Gasteiger partial charge in [-0.1, -0.05) is 18.2 Å². The molecule has 3 nitrogen and oxygen atoms in total. The van der Waals surface area contributed by atoms with E-state index in [0.29, 0.717) is 0 Å². The molecular formula is C12H15N3. The molecule has 3 rings (SSSR count). The van der Waals surface area contributed by atoms with Gasteiger partial charge >= 0.3 is 0 Å². The summed E-state index contributed by atoms with van der Waals surface area (Å²) in [7, 11) is 0. The van der Waals surface area contributed by atoms with Crippen LogP contribution in [0.15, 0.2) is 23.2 Å². The highest BCUT2D eigenvalue weighted by molar-refractivity contribution is 6.01. The van der Waals surface area contributed by atoms with Crippen molar-refractivity contribution in [2.45, 2.75) is 13.0 Å². The average Bonchev–Trinajstić information content (AvgIpc) is 2.82. The van der Waals surface area contributed by atoms with Crippen LogP contribution >= 0.6 is 0 Å². The zero-order valence-corrected chi connectivity index (χ0v) is 8.71. The molecule has 1 aromatic rings. The molecule has 78 valence electrons. The largest absolute Gasteiger partial charge is 0.368 e. The summed E-state index contributed by atoms with van der Waals surface area (Å²) in [6.45, 7) is 3.97. The van der Waals surface area contributed by atoms with Crippen LogP contribution < -0.4 is 10.6 Å². The zero-order valence-electron chi connectivity index (χ0n) is 8.71. The van der Waals surface area contributed by atoms with E-state index in [4.69, 9.17) is 0 Å². The van der Waals surface area contributed by atoms with E-state index in [-0.39, 0.29) is 0 Å². The average molecular weight is 201 g/mol. The lowest BCUT2D eigenvalue weighted by molar-refractivity contribution is 0.643. The lowest BCUT2D eigenvalue weighted by Crippen LogP contribution is -2.28. The van der Waals surface area contributed by atoms with Gasteiger partial charge in [0, 0.05) is 18.7 Å². The molecule has 0 atom stereocenters. The second-order valence-corrected chi connectivity index (χ2v) is 4.03. The molecule has 0 spiro atoms. The van der Waals surface area contributed by atoms with Crippen LogP contribution in [0.5, 0.6) is 0 Å². The summed E-state index contributed by atoms with van der Waals surface area (Å²) in [5.74, 6) is 1.09. The number of rotatable bonds is 1. The lowest BCUT2D eigenvalue weighted by atomic mass is 9.95. The fourth-order valence-corrected chi connectivity index (χ4v) is 2.33. The normalized spacial score (nSPS) is 19.3. The van der Waals surface area contributed by atoms with Gasteiger partial charge in [-0.25, -0.2) is 0 Å². The topological polar surface area (TPSA) is 36.4 Å². The third-order valence-corrected chi connectivity index (χ3v) is 3.07. The Morgan fingerprint density at radius 3 is 3.07 bits per heavy atom. The molecule has 0 aliphatic carbocycles. The minimum absolute atomic E-state index is 0.914. The van der Waals surface area contributed by atoms with E-state index < -0.39 is 0 Å². The first-order valence-corrected chi connectivity index (χ1v) is 5.55. The Hall–Kier alpha value is -1.35. The van der Waals surface area contributed by atoms with Crippen molar-refractivity contribution in [3.05, 3.63) is 34.9 Å². The van der Waals surface area contributed by atoms with Gasteiger partial charge in [-0.2, -0.15) is 0 Å². The molecule has 0 saturated heterocycles. The molecular weight excluding hydrogens is 186 g/mol. The summed E-state index contributed by atoms with van der Waals surface area (Å²) < 4.78 is 0. The van der Waals surface area contributed by atoms with Gasteiger partial charge in [0.05, 0.1) is 6.54 Å². The molecule has 0 bridgehead atoms. The first-order valence-electron chi connectivity index (χ1n) is 5.55. The zero-order chi connectivity index (χ0) is 10.1. The van der Waals surface area contributed by atoms with Crippen LogP contribution in [0.4, 0.5) is 0 Å². The van der Waals surface area contributed by atoms with Crippen molar-refractivity contribution in [1.82, 2.24) is 10.6 Å². The highest BCUT2D eigenvalue weighted by atomic mass is 15.1. The molecule has 0 saturated carbocycles. The van der Waals surface area contributed by atoms with Crippen molar-refractivity contribution in [2.75, 3.05) is 19.6 Å². The molecule has 0 amide bonds. The van der Waals surface area contributed by atoms with Crippen molar-refractivity contribution in [1.29, 1.82) is 0 Å². The third-order valence-electron chi connectivity index (χ3n) is 3.07. The van der Waals surface area contributed by atoms with Crippen LogP contribution in [0.3, 0.4) is 0 Å². The van der Waals surface area contributed by atoms with Gasteiger partial charge < -0.3 is 10.6 Å². The highest BCUT2D eigenvalue weighted by Crippen LogP contribution is 2.19. The molecule has 2 aliphatic rings. The van der Waals surface area contributed by atoms with Gasteiger partial charge in [-0.05, 0) is 24.1 Å². The molecule has 2 heterocycles. The molecule has 0 unspecified atom stereocenters. The molecule has 3 heteroatoms. The number of aliphatic imine (C=N–C) groups is 1. The van der Waals surface area contributed by atoms with E-state index in [1.54, 1.807) is 0 Å². The van der Waals surface area contributed by atoms with Gasteiger partial charge in [0.15, 0.2) is 0 Å².